The van der Waals surface area contributed by atoms with Gasteiger partial charge < -0.3 is 51.1 Å². The summed E-state index contributed by atoms with van der Waals surface area (Å²) in [5.74, 6) is 0.964. The van der Waals surface area contributed by atoms with Gasteiger partial charge in [-0.1, -0.05) is 69.0 Å². The molecule has 4 saturated heterocycles. The van der Waals surface area contributed by atoms with Crippen LogP contribution in [0.3, 0.4) is 0 Å². The van der Waals surface area contributed by atoms with E-state index in [0.29, 0.717) is 54.6 Å². The van der Waals surface area contributed by atoms with E-state index in [-0.39, 0.29) is 104 Å². The zero-order chi connectivity index (χ0) is 63.6. The van der Waals surface area contributed by atoms with Crippen molar-refractivity contribution in [2.24, 2.45) is 11.7 Å². The third-order valence-electron chi connectivity index (χ3n) is 17.3. The van der Waals surface area contributed by atoms with E-state index in [0.717, 1.165) is 46.6 Å². The molecule has 6 heterocycles. The number of primary amides is 1. The minimum atomic E-state index is -5.91. The van der Waals surface area contributed by atoms with Gasteiger partial charge in [-0.3, -0.25) is 57.8 Å². The van der Waals surface area contributed by atoms with E-state index in [1.165, 1.54) is 33.8 Å². The van der Waals surface area contributed by atoms with Gasteiger partial charge in [-0.25, -0.2) is 0 Å². The number of nitrogens with zero attached hydrogens (tertiary/aromatic N) is 4. The summed E-state index contributed by atoms with van der Waals surface area (Å²) < 4.78 is 41.2. The van der Waals surface area contributed by atoms with E-state index in [9.17, 15) is 71.1 Å². The first kappa shape index (κ1) is 64.6. The van der Waals surface area contributed by atoms with Gasteiger partial charge in [-0.05, 0) is 115 Å². The van der Waals surface area contributed by atoms with Crippen LogP contribution in [0.25, 0.3) is 10.1 Å². The zero-order valence-electron chi connectivity index (χ0n) is 49.3. The Morgan fingerprint density at radius 3 is 2.24 bits per heavy atom. The molecule has 468 valence electrons. The monoisotopic (exact) mass is 1250 g/mol. The number of benzene rings is 3. The lowest BCUT2D eigenvalue weighted by Gasteiger charge is -2.38. The molecule has 5 aliphatic rings. The van der Waals surface area contributed by atoms with Crippen LogP contribution in [0.15, 0.2) is 66.7 Å². The minimum absolute atomic E-state index is 0.0507. The van der Waals surface area contributed by atoms with E-state index in [2.05, 4.69) is 53.9 Å². The molecule has 8 N–H and O–H groups in total. The number of nitrogens with one attached hydrogen (secondary N) is 4. The average Bonchev–Trinajstić information content (AvgIpc) is 1.99. The van der Waals surface area contributed by atoms with E-state index in [4.69, 9.17) is 5.73 Å². The molecule has 22 nitrogen and oxygen atoms in total. The summed E-state index contributed by atoms with van der Waals surface area (Å²) in [4.78, 5) is 160. The van der Waals surface area contributed by atoms with Crippen molar-refractivity contribution in [3.8, 4) is 11.8 Å². The van der Waals surface area contributed by atoms with E-state index >= 15 is 0 Å². The second-order valence-electron chi connectivity index (χ2n) is 24.3. The number of carbonyl (C=O) groups excluding carboxylic acids is 10. The van der Waals surface area contributed by atoms with Crippen molar-refractivity contribution in [3.05, 3.63) is 105 Å². The summed E-state index contributed by atoms with van der Waals surface area (Å²) >= 11 is 0.863. The Kier molecular flexibility index (Phi) is 19.4. The van der Waals surface area contributed by atoms with E-state index in [1.807, 2.05) is 30.3 Å². The third-order valence-corrected chi connectivity index (χ3v) is 19.4. The number of likely N-dealkylation sites (tertiary alicyclic amines) is 1. The second-order valence-corrected chi connectivity index (χ2v) is 27.1. The molecule has 0 radical (unpaired) electrons. The molecular formula is C62H72F2N9O13PS. The quantitative estimate of drug-likeness (QED) is 0.0437. The molecule has 3 aromatic carbocycles. The third kappa shape index (κ3) is 14.5. The van der Waals surface area contributed by atoms with Crippen LogP contribution in [0, 0.1) is 17.8 Å². The molecule has 4 fully saturated rings. The maximum atomic E-state index is 14.8. The number of alkyl halides is 2. The normalized spacial score (nSPS) is 20.9. The number of piperidine rings is 2. The number of amides is 10. The molecule has 3 unspecified atom stereocenters. The summed E-state index contributed by atoms with van der Waals surface area (Å²) in [7, 11) is -5.91. The highest BCUT2D eigenvalue weighted by molar-refractivity contribution is 7.52. The Morgan fingerprint density at radius 1 is 0.864 bits per heavy atom. The predicted octanol–water partition coefficient (Wildman–Crippen LogP) is 4.45. The van der Waals surface area contributed by atoms with Gasteiger partial charge in [0.15, 0.2) is 0 Å². The average molecular weight is 1250 g/mol. The maximum Gasteiger partial charge on any atom is 0.399 e. The molecule has 4 aromatic rings. The van der Waals surface area contributed by atoms with Gasteiger partial charge in [0, 0.05) is 92.8 Å². The van der Waals surface area contributed by atoms with Gasteiger partial charge in [0.1, 0.15) is 30.2 Å². The largest absolute Gasteiger partial charge is 0.399 e. The van der Waals surface area contributed by atoms with Gasteiger partial charge in [0.25, 0.3) is 11.8 Å². The highest BCUT2D eigenvalue weighted by Gasteiger charge is 2.51. The van der Waals surface area contributed by atoms with Crippen LogP contribution in [0.4, 0.5) is 8.78 Å². The topological polar surface area (TPSA) is 315 Å². The summed E-state index contributed by atoms with van der Waals surface area (Å²) in [6.07, 6.45) is 3.12. The van der Waals surface area contributed by atoms with Gasteiger partial charge in [0.05, 0.1) is 4.88 Å². The lowest BCUT2D eigenvalue weighted by atomic mass is 9.86. The number of rotatable bonds is 17. The first-order chi connectivity index (χ1) is 41.6. The van der Waals surface area contributed by atoms with Crippen molar-refractivity contribution in [1.29, 1.82) is 0 Å². The van der Waals surface area contributed by atoms with E-state index < -0.39 is 96.4 Å². The molecule has 9 rings (SSSR count). The summed E-state index contributed by atoms with van der Waals surface area (Å²) in [6.45, 7) is 8.32. The van der Waals surface area contributed by atoms with Crippen LogP contribution in [-0.2, 0) is 67.0 Å². The van der Waals surface area contributed by atoms with Crippen molar-refractivity contribution >= 4 is 88.1 Å². The summed E-state index contributed by atoms with van der Waals surface area (Å²) in [5.41, 5.74) is 3.63. The van der Waals surface area contributed by atoms with Crippen LogP contribution in [0.2, 0.25) is 0 Å². The van der Waals surface area contributed by atoms with Crippen LogP contribution in [0.5, 0.6) is 0 Å². The second kappa shape index (κ2) is 26.4. The number of halogens is 2. The van der Waals surface area contributed by atoms with Gasteiger partial charge >= 0.3 is 13.3 Å². The predicted molar refractivity (Wildman–Crippen MR) is 319 cm³/mol. The van der Waals surface area contributed by atoms with E-state index in [1.54, 1.807) is 17.0 Å². The van der Waals surface area contributed by atoms with Gasteiger partial charge in [0.2, 0.25) is 47.3 Å². The molecule has 0 spiro atoms. The molecule has 88 heavy (non-hydrogen) atoms. The van der Waals surface area contributed by atoms with Gasteiger partial charge in [-0.15, -0.1) is 11.3 Å². The molecule has 1 aromatic heterocycles. The molecule has 6 atom stereocenters. The number of nitrogens with two attached hydrogens (primary N) is 1. The number of hydrogen-bond acceptors (Lipinski definition) is 12. The molecule has 26 heteroatoms. The Bertz CT molecular complexity index is 3570. The van der Waals surface area contributed by atoms with Crippen LogP contribution in [0.1, 0.15) is 146 Å². The Morgan fingerprint density at radius 2 is 1.57 bits per heavy atom. The Balaban J connectivity index is 0.872. The molecule has 10 amide bonds. The standard InChI is InChI=1S/C62H72F2N9O13PS/c1-35(74)71-29-26-42-17-19-49(73(42)60(83)47(34-71)68-57(80)51-32-39-31-41(16-21-50(39)88-51)62(63,64)87(84,85)86)56(79)66-45(18-22-52(65)75)54(77)67-46(30-37-12-14-40(15-13-37)61(2,3)4)59(82)70-27-24-36(25-28-70)8-5-6-9-38-10-7-11-43-44(38)33-72(58(43)81)48-20-23-53(76)69-55(48)78/h7,10-16,21,31-32,36,42,45-49H,5,8,17-20,22-30,33-34H2,1-4H3,(H2,65,75)(H,66,79)(H,67,77)(H,68,80)(H,69,76,78)(H2,84,85,86)/t42-,45?,46?,47+,48?,49+/m1/s1. The summed E-state index contributed by atoms with van der Waals surface area (Å²) in [5, 5.41) is 10.7. The highest BCUT2D eigenvalue weighted by atomic mass is 32.1. The zero-order valence-corrected chi connectivity index (χ0v) is 51.0. The number of carbonyl (C=O) groups is 10. The Labute approximate surface area is 511 Å². The summed E-state index contributed by atoms with van der Waals surface area (Å²) in [6, 6.07) is 10.6. The number of fused-ring (bicyclic) bond motifs is 3. The first-order valence-corrected chi connectivity index (χ1v) is 31.9. The fourth-order valence-electron chi connectivity index (χ4n) is 12.2. The molecule has 0 aliphatic carbocycles. The van der Waals surface area contributed by atoms with Crippen molar-refractivity contribution in [1.82, 2.24) is 40.9 Å². The Hall–Kier alpha value is -7.91. The maximum absolute atomic E-state index is 14.8. The molecule has 0 saturated carbocycles. The molecule has 0 bridgehead atoms. The molecular weight excluding hydrogens is 1180 g/mol. The number of thiophene rings is 1. The van der Waals surface area contributed by atoms with Crippen molar-refractivity contribution < 1.29 is 71.1 Å². The lowest BCUT2D eigenvalue weighted by Crippen LogP contribution is -2.62. The molecule has 5 aliphatic heterocycles. The minimum Gasteiger partial charge on any atom is -0.370 e. The number of imide groups is 1. The fraction of sp³-hybridized carbons (Fsp3) is 0.484. The van der Waals surface area contributed by atoms with Crippen molar-refractivity contribution in [2.45, 2.75) is 159 Å². The smallest absolute Gasteiger partial charge is 0.370 e. The highest BCUT2D eigenvalue weighted by Crippen LogP contribution is 2.59. The fourth-order valence-corrected chi connectivity index (χ4v) is 13.7. The first-order valence-electron chi connectivity index (χ1n) is 29.5. The lowest BCUT2D eigenvalue weighted by molar-refractivity contribution is -0.145. The van der Waals surface area contributed by atoms with Crippen LogP contribution < -0.4 is 27.0 Å². The van der Waals surface area contributed by atoms with Gasteiger partial charge in [-0.2, -0.15) is 8.78 Å². The van der Waals surface area contributed by atoms with Crippen LogP contribution >= 0.6 is 18.9 Å². The number of hydrogen-bond donors (Lipinski definition) is 7. The van der Waals surface area contributed by atoms with Crippen LogP contribution in [-0.4, -0.2) is 151 Å². The van der Waals surface area contributed by atoms with Crippen molar-refractivity contribution in [3.63, 3.8) is 0 Å². The van der Waals surface area contributed by atoms with Crippen molar-refractivity contribution in [2.75, 3.05) is 26.2 Å². The SMILES string of the molecule is CC(=O)N1CC[C@H]2CC[C@@H](C(=O)NC(CCC(N)=O)C(=O)NC(Cc3ccc(C(C)(C)C)cc3)C(=O)N3CCC(CCC#Cc4cccc5c4CN(C4CCC(=O)NC4=O)C5=O)CC3)N2C(=O)[C@@H](NC(=O)c2cc3cc(C(F)(F)P(=O)(O)O)ccc3s2)C1.